The van der Waals surface area contributed by atoms with Crippen molar-refractivity contribution in [1.29, 1.82) is 0 Å². The second-order valence-electron chi connectivity index (χ2n) is 0.815. The van der Waals surface area contributed by atoms with Crippen molar-refractivity contribution in [3.8, 4) is 0 Å². The SMILES string of the molecule is C=C=CS(=O)(=O)[O-].[Na+]. The van der Waals surface area contributed by atoms with Crippen LogP contribution < -0.4 is 29.6 Å². The minimum Gasteiger partial charge on any atom is -0.744 e. The van der Waals surface area contributed by atoms with E-state index in [1.165, 1.54) is 0 Å². The quantitative estimate of drug-likeness (QED) is 0.220. The van der Waals surface area contributed by atoms with Gasteiger partial charge in [-0.3, -0.25) is 0 Å². The molecule has 0 aromatic carbocycles. The predicted octanol–water partition coefficient (Wildman–Crippen LogP) is -3.17. The minimum absolute atomic E-state index is 0. The van der Waals surface area contributed by atoms with Crippen LogP contribution >= 0.6 is 0 Å². The van der Waals surface area contributed by atoms with Crippen LogP contribution in [0, 0.1) is 0 Å². The summed E-state index contributed by atoms with van der Waals surface area (Å²) < 4.78 is 28.6. The van der Waals surface area contributed by atoms with Crippen molar-refractivity contribution in [2.45, 2.75) is 0 Å². The molecule has 0 heterocycles. The van der Waals surface area contributed by atoms with Crippen LogP contribution in [0.3, 0.4) is 0 Å². The molecule has 0 aromatic rings. The summed E-state index contributed by atoms with van der Waals surface area (Å²) in [6.07, 6.45) is 0. The smallest absolute Gasteiger partial charge is 0.744 e. The fraction of sp³-hybridized carbons (Fsp3) is 0. The third-order valence-electron chi connectivity index (χ3n) is 0.228. The van der Waals surface area contributed by atoms with Crippen molar-refractivity contribution in [3.05, 3.63) is 17.7 Å². The molecule has 0 aliphatic rings. The van der Waals surface area contributed by atoms with E-state index in [4.69, 9.17) is 0 Å². The third kappa shape index (κ3) is 9.66. The molecule has 0 radical (unpaired) electrons. The molecule has 0 saturated carbocycles. The van der Waals surface area contributed by atoms with Gasteiger partial charge >= 0.3 is 29.6 Å². The van der Waals surface area contributed by atoms with Gasteiger partial charge in [0.15, 0.2) is 0 Å². The van der Waals surface area contributed by atoms with E-state index in [1.54, 1.807) is 0 Å². The molecule has 8 heavy (non-hydrogen) atoms. The maximum absolute atomic E-state index is 9.52. The molecule has 5 heteroatoms. The molecule has 0 amide bonds. The Morgan fingerprint density at radius 2 is 2.00 bits per heavy atom. The average molecular weight is 142 g/mol. The summed E-state index contributed by atoms with van der Waals surface area (Å²) in [5.74, 6) is 0. The minimum atomic E-state index is -4.22. The Hall–Kier alpha value is 0.430. The van der Waals surface area contributed by atoms with Crippen molar-refractivity contribution in [1.82, 2.24) is 0 Å². The average Bonchev–Trinajstić information content (AvgIpc) is 1.30. The maximum atomic E-state index is 9.52. The van der Waals surface area contributed by atoms with Crippen molar-refractivity contribution < 1.29 is 42.5 Å². The van der Waals surface area contributed by atoms with E-state index in [9.17, 15) is 13.0 Å². The van der Waals surface area contributed by atoms with Gasteiger partial charge in [-0.2, -0.15) is 0 Å². The molecule has 3 nitrogen and oxygen atoms in total. The van der Waals surface area contributed by atoms with Crippen molar-refractivity contribution in [3.63, 3.8) is 0 Å². The first kappa shape index (κ1) is 11.3. The van der Waals surface area contributed by atoms with Gasteiger partial charge in [-0.05, 0) is 0 Å². The van der Waals surface area contributed by atoms with Crippen LogP contribution in [0.25, 0.3) is 0 Å². The molecule has 0 aromatic heterocycles. The second-order valence-corrected chi connectivity index (χ2v) is 2.04. The fourth-order valence-corrected chi connectivity index (χ4v) is 0.306. The van der Waals surface area contributed by atoms with Gasteiger partial charge in [0.1, 0.15) is 10.1 Å². The van der Waals surface area contributed by atoms with E-state index in [1.807, 2.05) is 5.73 Å². The largest absolute Gasteiger partial charge is 1.00 e. The summed E-state index contributed by atoms with van der Waals surface area (Å²) in [6.45, 7) is 2.89. The third-order valence-corrected chi connectivity index (χ3v) is 0.683. The molecule has 0 spiro atoms. The summed E-state index contributed by atoms with van der Waals surface area (Å²) in [5, 5.41) is 0.368. The van der Waals surface area contributed by atoms with E-state index >= 15 is 0 Å². The first-order valence-corrected chi connectivity index (χ1v) is 2.85. The second kappa shape index (κ2) is 4.32. The topological polar surface area (TPSA) is 57.2 Å². The van der Waals surface area contributed by atoms with E-state index < -0.39 is 10.1 Å². The van der Waals surface area contributed by atoms with Gasteiger partial charge in [0.25, 0.3) is 0 Å². The number of hydrogen-bond donors (Lipinski definition) is 0. The summed E-state index contributed by atoms with van der Waals surface area (Å²) in [4.78, 5) is 0. The van der Waals surface area contributed by atoms with Gasteiger partial charge in [-0.15, -0.1) is 5.73 Å². The Bertz CT molecular complexity index is 187. The Morgan fingerprint density at radius 3 is 2.00 bits per heavy atom. The van der Waals surface area contributed by atoms with Crippen LogP contribution in [0.2, 0.25) is 0 Å². The van der Waals surface area contributed by atoms with Crippen molar-refractivity contribution in [2.24, 2.45) is 0 Å². The molecule has 0 rings (SSSR count). The molecule has 0 fully saturated rings. The molecule has 0 saturated heterocycles. The van der Waals surface area contributed by atoms with Crippen LogP contribution in [0.1, 0.15) is 0 Å². The van der Waals surface area contributed by atoms with E-state index in [0.717, 1.165) is 0 Å². The molecule has 0 bridgehead atoms. The maximum Gasteiger partial charge on any atom is 1.00 e. The predicted molar refractivity (Wildman–Crippen MR) is 23.4 cm³/mol. The van der Waals surface area contributed by atoms with Crippen LogP contribution in [0.4, 0.5) is 0 Å². The fourth-order valence-electron chi connectivity index (χ4n) is 0.102. The van der Waals surface area contributed by atoms with Gasteiger partial charge in [-0.1, -0.05) is 6.58 Å². The zero-order valence-electron chi connectivity index (χ0n) is 4.42. The molecule has 0 aliphatic heterocycles. The van der Waals surface area contributed by atoms with Crippen LogP contribution in [0.15, 0.2) is 17.7 Å². The Morgan fingerprint density at radius 1 is 1.62 bits per heavy atom. The molecule has 40 valence electrons. The molecule has 0 atom stereocenters. The summed E-state index contributed by atoms with van der Waals surface area (Å²) in [5.41, 5.74) is 1.83. The molecular formula is C3H3NaO3S. The normalized spacial score (nSPS) is 8.62. The molecule has 0 N–H and O–H groups in total. The zero-order valence-corrected chi connectivity index (χ0v) is 7.23. The zero-order chi connectivity index (χ0) is 5.91. The van der Waals surface area contributed by atoms with Gasteiger partial charge < -0.3 is 4.55 Å². The standard InChI is InChI=1S/C3H4O3S.Na/c1-2-3-7(4,5)6;/h3H,1H2,(H,4,5,6);/q;+1/p-1. The molecule has 0 aliphatic carbocycles. The first-order valence-electron chi connectivity index (χ1n) is 1.38. The van der Waals surface area contributed by atoms with Crippen LogP contribution in [0.5, 0.6) is 0 Å². The Labute approximate surface area is 70.1 Å². The van der Waals surface area contributed by atoms with Crippen molar-refractivity contribution >= 4 is 10.1 Å². The molecular weight excluding hydrogens is 139 g/mol. The Balaban J connectivity index is 0. The van der Waals surface area contributed by atoms with E-state index in [0.29, 0.717) is 5.41 Å². The van der Waals surface area contributed by atoms with Gasteiger partial charge in [0.2, 0.25) is 0 Å². The van der Waals surface area contributed by atoms with E-state index in [2.05, 4.69) is 6.58 Å². The van der Waals surface area contributed by atoms with E-state index in [-0.39, 0.29) is 29.6 Å². The Kier molecular flexibility index (Phi) is 6.08. The van der Waals surface area contributed by atoms with Crippen molar-refractivity contribution in [2.75, 3.05) is 0 Å². The monoisotopic (exact) mass is 142 g/mol. The van der Waals surface area contributed by atoms with Crippen LogP contribution in [-0.2, 0) is 10.1 Å². The summed E-state index contributed by atoms with van der Waals surface area (Å²) in [7, 11) is -4.22. The van der Waals surface area contributed by atoms with Gasteiger partial charge in [0.05, 0.1) is 5.41 Å². The summed E-state index contributed by atoms with van der Waals surface area (Å²) in [6, 6.07) is 0. The van der Waals surface area contributed by atoms with Gasteiger partial charge in [-0.25, -0.2) is 8.42 Å². The van der Waals surface area contributed by atoms with Crippen LogP contribution in [-0.4, -0.2) is 13.0 Å². The number of rotatable bonds is 1. The first-order chi connectivity index (χ1) is 3.06. The summed E-state index contributed by atoms with van der Waals surface area (Å²) >= 11 is 0. The van der Waals surface area contributed by atoms with Gasteiger partial charge in [0, 0.05) is 0 Å². The number of hydrogen-bond acceptors (Lipinski definition) is 3. The molecule has 0 unspecified atom stereocenters.